The fourth-order valence-corrected chi connectivity index (χ4v) is 5.10. The van der Waals surface area contributed by atoms with E-state index in [0.29, 0.717) is 5.92 Å². The first-order valence-electron chi connectivity index (χ1n) is 9.77. The summed E-state index contributed by atoms with van der Waals surface area (Å²) in [5.74, 6) is 0.410. The Morgan fingerprint density at radius 3 is 2.29 bits per heavy atom. The Kier molecular flexibility index (Phi) is 9.13. The van der Waals surface area contributed by atoms with Gasteiger partial charge in [0.25, 0.3) is 0 Å². The van der Waals surface area contributed by atoms with Crippen LogP contribution in [0.15, 0.2) is 54.6 Å². The molecule has 0 atom stereocenters. The molecule has 0 aromatic heterocycles. The summed E-state index contributed by atoms with van der Waals surface area (Å²) in [6.07, 6.45) is 17.1. The minimum atomic E-state index is 0. The Morgan fingerprint density at radius 1 is 0.964 bits per heavy atom. The van der Waals surface area contributed by atoms with Crippen molar-refractivity contribution in [3.8, 4) is 11.1 Å². The molecule has 0 spiro atoms. The number of hydrogen-bond donors (Lipinski definition) is 0. The van der Waals surface area contributed by atoms with Crippen LogP contribution in [-0.2, 0) is 30.7 Å². The Labute approximate surface area is 196 Å². The van der Waals surface area contributed by atoms with Crippen LogP contribution in [0.4, 0.5) is 0 Å². The Hall–Kier alpha value is -0.747. The standard InChI is InChI=1S/C19H15.C6H10.2ClH.Zr/c1-13-10-16(14-6-2-3-7-14)12-17-11-15-8-4-5-9-18(15)19(13)17;1-2-4-6-5-3-1;;;/h2-10,14H,11H2,1H3;1-5H2;2*1H;/q-1;;;;+2/p-2. The maximum atomic E-state index is 3.65. The Morgan fingerprint density at radius 2 is 1.64 bits per heavy atom. The van der Waals surface area contributed by atoms with Gasteiger partial charge in [-0.05, 0) is 12.3 Å². The van der Waals surface area contributed by atoms with E-state index in [1.165, 1.54) is 65.5 Å². The Bertz CT molecular complexity index is 875. The van der Waals surface area contributed by atoms with E-state index < -0.39 is 0 Å². The van der Waals surface area contributed by atoms with Crippen molar-refractivity contribution >= 4 is 3.21 Å². The van der Waals surface area contributed by atoms with Crippen LogP contribution >= 0.6 is 0 Å². The third-order valence-electron chi connectivity index (χ3n) is 5.58. The van der Waals surface area contributed by atoms with Gasteiger partial charge in [0.2, 0.25) is 0 Å². The van der Waals surface area contributed by atoms with E-state index >= 15 is 0 Å². The summed E-state index contributed by atoms with van der Waals surface area (Å²) in [6.45, 7) is 2.22. The fourth-order valence-electron chi connectivity index (χ4n) is 4.23. The molecule has 0 radical (unpaired) electrons. The van der Waals surface area contributed by atoms with E-state index in [1.54, 1.807) is 27.4 Å². The van der Waals surface area contributed by atoms with Crippen molar-refractivity contribution in [2.75, 3.05) is 0 Å². The number of hydrogen-bond acceptors (Lipinski definition) is 0. The first kappa shape index (κ1) is 23.5. The summed E-state index contributed by atoms with van der Waals surface area (Å²) >= 11 is 1.69. The molecule has 3 aliphatic rings. The minimum absolute atomic E-state index is 0. The van der Waals surface area contributed by atoms with Gasteiger partial charge in [0, 0.05) is 0 Å². The summed E-state index contributed by atoms with van der Waals surface area (Å²) < 4.78 is 1.80. The van der Waals surface area contributed by atoms with Gasteiger partial charge in [0.1, 0.15) is 0 Å². The number of rotatable bonds is 1. The zero-order valence-corrected chi connectivity index (χ0v) is 20.2. The van der Waals surface area contributed by atoms with E-state index in [9.17, 15) is 0 Å². The molecule has 1 fully saturated rings. The summed E-state index contributed by atoms with van der Waals surface area (Å²) in [4.78, 5) is 0. The predicted molar refractivity (Wildman–Crippen MR) is 107 cm³/mol. The molecule has 3 aliphatic carbocycles. The van der Waals surface area contributed by atoms with Gasteiger partial charge in [-0.1, -0.05) is 66.6 Å². The SMILES string of the molecule is Cc1cc(C2C=CC=C2)[c-]c2c1-c1ccccc1C2.[Cl-].[Cl-].[Zr+2]=[C]1CCCCC1. The molecule has 0 nitrogen and oxygen atoms in total. The Balaban J connectivity index is 0.000000269. The molecule has 144 valence electrons. The van der Waals surface area contributed by atoms with Gasteiger partial charge < -0.3 is 24.8 Å². The van der Waals surface area contributed by atoms with Crippen LogP contribution in [0.1, 0.15) is 60.3 Å². The fraction of sp³-hybridized carbons (Fsp3) is 0.320. The van der Waals surface area contributed by atoms with Gasteiger partial charge in [-0.2, -0.15) is 23.3 Å². The van der Waals surface area contributed by atoms with Crippen LogP contribution in [0.25, 0.3) is 11.1 Å². The molecule has 5 rings (SSSR count). The third-order valence-corrected chi connectivity index (χ3v) is 6.81. The summed E-state index contributed by atoms with van der Waals surface area (Å²) in [6, 6.07) is 14.7. The monoisotopic (exact) mass is 485 g/mol. The number of aryl methyl sites for hydroxylation is 1. The second kappa shape index (κ2) is 10.9. The van der Waals surface area contributed by atoms with Crippen molar-refractivity contribution in [3.63, 3.8) is 0 Å². The summed E-state index contributed by atoms with van der Waals surface area (Å²) in [7, 11) is 0. The van der Waals surface area contributed by atoms with Gasteiger partial charge in [-0.3, -0.25) is 0 Å². The molecule has 0 heterocycles. The van der Waals surface area contributed by atoms with Crippen LogP contribution in [-0.4, -0.2) is 3.21 Å². The molecule has 1 saturated carbocycles. The quantitative estimate of drug-likeness (QED) is 0.432. The van der Waals surface area contributed by atoms with Gasteiger partial charge >= 0.3 is 59.5 Å². The van der Waals surface area contributed by atoms with Crippen molar-refractivity contribution in [1.29, 1.82) is 0 Å². The van der Waals surface area contributed by atoms with Gasteiger partial charge in [0.15, 0.2) is 0 Å². The van der Waals surface area contributed by atoms with Gasteiger partial charge in [0.05, 0.1) is 0 Å². The molecular weight excluding hydrogens is 462 g/mol. The second-order valence-electron chi connectivity index (χ2n) is 7.55. The number of fused-ring (bicyclic) bond motifs is 3. The molecule has 0 N–H and O–H groups in total. The van der Waals surface area contributed by atoms with Gasteiger partial charge in [-0.25, -0.2) is 0 Å². The van der Waals surface area contributed by atoms with Crippen molar-refractivity contribution < 1.29 is 49.0 Å². The average Bonchev–Trinajstić information content (AvgIpc) is 3.30. The predicted octanol–water partition coefficient (Wildman–Crippen LogP) is 0.254. The molecule has 0 amide bonds. The molecule has 2 aromatic carbocycles. The van der Waals surface area contributed by atoms with E-state index in [1.807, 2.05) is 0 Å². The third kappa shape index (κ3) is 5.24. The molecule has 0 aliphatic heterocycles. The average molecular weight is 488 g/mol. The van der Waals surface area contributed by atoms with Gasteiger partial charge in [-0.15, -0.1) is 11.1 Å². The molecule has 3 heteroatoms. The van der Waals surface area contributed by atoms with E-state index in [0.717, 1.165) is 6.42 Å². The van der Waals surface area contributed by atoms with Crippen molar-refractivity contribution in [2.45, 2.75) is 51.4 Å². The van der Waals surface area contributed by atoms with Crippen molar-refractivity contribution in [1.82, 2.24) is 0 Å². The zero-order chi connectivity index (χ0) is 17.9. The number of benzene rings is 2. The summed E-state index contributed by atoms with van der Waals surface area (Å²) in [5, 5.41) is 0. The first-order valence-corrected chi connectivity index (χ1v) is 11.0. The topological polar surface area (TPSA) is 0 Å². The molecule has 0 unspecified atom stereocenters. The summed E-state index contributed by atoms with van der Waals surface area (Å²) in [5.41, 5.74) is 8.29. The molecule has 28 heavy (non-hydrogen) atoms. The van der Waals surface area contributed by atoms with Crippen LogP contribution in [0.2, 0.25) is 0 Å². The van der Waals surface area contributed by atoms with E-state index in [4.69, 9.17) is 0 Å². The van der Waals surface area contributed by atoms with Crippen LogP contribution < -0.4 is 24.8 Å². The van der Waals surface area contributed by atoms with Crippen molar-refractivity contribution in [3.05, 3.63) is 83.0 Å². The van der Waals surface area contributed by atoms with Crippen LogP contribution in [0.3, 0.4) is 0 Å². The molecule has 0 saturated heterocycles. The molecule has 0 bridgehead atoms. The second-order valence-corrected chi connectivity index (χ2v) is 9.29. The first-order chi connectivity index (χ1) is 12.7. The van der Waals surface area contributed by atoms with E-state index in [-0.39, 0.29) is 24.8 Å². The molecular formula is C25H25Cl2Zr-. The van der Waals surface area contributed by atoms with Crippen molar-refractivity contribution in [2.24, 2.45) is 0 Å². The number of halogens is 2. The number of allylic oxidation sites excluding steroid dienone is 4. The van der Waals surface area contributed by atoms with Crippen LogP contribution in [0.5, 0.6) is 0 Å². The zero-order valence-electron chi connectivity index (χ0n) is 16.3. The molecule has 2 aromatic rings. The van der Waals surface area contributed by atoms with Crippen LogP contribution in [0, 0.1) is 13.0 Å². The maximum absolute atomic E-state index is 3.65. The normalized spacial score (nSPS) is 16.5. The van der Waals surface area contributed by atoms with E-state index in [2.05, 4.69) is 67.6 Å².